The smallest absolute Gasteiger partial charge is 0.341 e. The summed E-state index contributed by atoms with van der Waals surface area (Å²) in [5.41, 5.74) is -0.395. The number of carboxylic acid groups (broad SMARTS) is 1. The van der Waals surface area contributed by atoms with Gasteiger partial charge in [0.15, 0.2) is 0 Å². The van der Waals surface area contributed by atoms with Gasteiger partial charge in [-0.15, -0.1) is 0 Å². The summed E-state index contributed by atoms with van der Waals surface area (Å²) >= 11 is 0. The van der Waals surface area contributed by atoms with Gasteiger partial charge in [0.2, 0.25) is 5.43 Å². The van der Waals surface area contributed by atoms with E-state index in [4.69, 9.17) is 0 Å². The minimum absolute atomic E-state index is 0.0408. The van der Waals surface area contributed by atoms with E-state index in [1.165, 1.54) is 12.1 Å². The molecule has 2 unspecified atom stereocenters. The number of fused-ring (bicyclic) bond motifs is 1. The van der Waals surface area contributed by atoms with Crippen LogP contribution in [0.4, 0.5) is 24.7 Å². The summed E-state index contributed by atoms with van der Waals surface area (Å²) in [6.45, 7) is 7.80. The van der Waals surface area contributed by atoms with Gasteiger partial charge in [-0.1, -0.05) is 13.0 Å². The van der Waals surface area contributed by atoms with Crippen LogP contribution < -0.4 is 27.3 Å². The summed E-state index contributed by atoms with van der Waals surface area (Å²) in [4.78, 5) is 59.4. The summed E-state index contributed by atoms with van der Waals surface area (Å²) in [5, 5.41) is 16.1. The Morgan fingerprint density at radius 2 is 1.81 bits per heavy atom. The normalized spacial score (nSPS) is 15.5. The highest BCUT2D eigenvalue weighted by molar-refractivity contribution is 5.99. The zero-order valence-electron chi connectivity index (χ0n) is 28.9. The predicted molar refractivity (Wildman–Crippen MR) is 193 cm³/mol. The summed E-state index contributed by atoms with van der Waals surface area (Å²) in [5.74, 6) is -4.12. The molecule has 272 valence electrons. The summed E-state index contributed by atoms with van der Waals surface area (Å²) < 4.78 is 45.8. The van der Waals surface area contributed by atoms with Gasteiger partial charge >= 0.3 is 11.7 Å². The Morgan fingerprint density at radius 3 is 2.50 bits per heavy atom. The zero-order chi connectivity index (χ0) is 37.3. The van der Waals surface area contributed by atoms with E-state index in [2.05, 4.69) is 25.5 Å². The molecule has 52 heavy (non-hydrogen) atoms. The van der Waals surface area contributed by atoms with Crippen LogP contribution in [0.5, 0.6) is 0 Å². The second kappa shape index (κ2) is 15.0. The number of aromatic amines is 2. The highest BCUT2D eigenvalue weighted by Crippen LogP contribution is 2.33. The molecule has 2 aromatic heterocycles. The van der Waals surface area contributed by atoms with Crippen LogP contribution in [0.3, 0.4) is 0 Å². The van der Waals surface area contributed by atoms with Crippen molar-refractivity contribution in [1.29, 1.82) is 0 Å². The Labute approximate surface area is 296 Å². The molecule has 3 aromatic carbocycles. The van der Waals surface area contributed by atoms with Crippen molar-refractivity contribution in [2.45, 2.75) is 58.7 Å². The fraction of sp³-hybridized carbons (Fsp3) is 0.316. The number of anilines is 2. The van der Waals surface area contributed by atoms with Crippen molar-refractivity contribution < 1.29 is 23.1 Å². The van der Waals surface area contributed by atoms with Crippen molar-refractivity contribution in [2.24, 2.45) is 0 Å². The number of nitrogens with zero attached hydrogens (tertiary/aromatic N) is 2. The average molecular weight is 717 g/mol. The Kier molecular flexibility index (Phi) is 10.5. The maximum absolute atomic E-state index is 16.1. The van der Waals surface area contributed by atoms with Crippen LogP contribution in [0.25, 0.3) is 22.2 Å². The molecule has 0 spiro atoms. The maximum Gasteiger partial charge on any atom is 0.341 e. The Hall–Kier alpha value is -5.47. The Morgan fingerprint density at radius 1 is 1.02 bits per heavy atom. The van der Waals surface area contributed by atoms with Crippen LogP contribution in [0.15, 0.2) is 69.0 Å². The minimum Gasteiger partial charge on any atom is -0.477 e. The molecule has 0 saturated carbocycles. The van der Waals surface area contributed by atoms with Crippen molar-refractivity contribution in [3.8, 4) is 11.3 Å². The molecule has 2 atom stereocenters. The lowest BCUT2D eigenvalue weighted by Crippen LogP contribution is -2.50. The highest BCUT2D eigenvalue weighted by atomic mass is 19.1. The first-order valence-electron chi connectivity index (χ1n) is 17.1. The number of aromatic carboxylic acids is 1. The zero-order valence-corrected chi connectivity index (χ0v) is 28.9. The van der Waals surface area contributed by atoms with Crippen molar-refractivity contribution in [3.63, 3.8) is 0 Å². The largest absolute Gasteiger partial charge is 0.477 e. The van der Waals surface area contributed by atoms with Crippen molar-refractivity contribution in [2.75, 3.05) is 25.0 Å². The number of pyridine rings is 1. The lowest BCUT2D eigenvalue weighted by atomic mass is 9.95. The quantitative estimate of drug-likeness (QED) is 0.119. The summed E-state index contributed by atoms with van der Waals surface area (Å²) in [6.07, 6.45) is 1.44. The van der Waals surface area contributed by atoms with E-state index >= 15 is 4.39 Å². The van der Waals surface area contributed by atoms with E-state index < -0.39 is 51.7 Å². The number of H-pyrrole nitrogens is 2. The highest BCUT2D eigenvalue weighted by Gasteiger charge is 2.29. The molecule has 5 aromatic rings. The number of rotatable bonds is 11. The van der Waals surface area contributed by atoms with Crippen LogP contribution in [0.2, 0.25) is 0 Å². The van der Waals surface area contributed by atoms with Gasteiger partial charge in [-0.3, -0.25) is 24.0 Å². The first kappa shape index (κ1) is 36.3. The fourth-order valence-corrected chi connectivity index (χ4v) is 6.99. The Bertz CT molecular complexity index is 2320. The van der Waals surface area contributed by atoms with Crippen molar-refractivity contribution >= 4 is 28.4 Å². The number of aryl methyl sites for hydroxylation is 2. The van der Waals surface area contributed by atoms with Crippen LogP contribution in [0.1, 0.15) is 59.8 Å². The minimum atomic E-state index is -1.66. The number of aromatic nitrogens is 3. The number of hydrogen-bond donors (Lipinski definition) is 5. The van der Waals surface area contributed by atoms with Gasteiger partial charge in [-0.05, 0) is 80.6 Å². The Balaban J connectivity index is 1.33. The van der Waals surface area contributed by atoms with Crippen molar-refractivity contribution in [1.82, 2.24) is 24.8 Å². The van der Waals surface area contributed by atoms with Crippen LogP contribution >= 0.6 is 0 Å². The number of carbonyl (C=O) groups is 1. The summed E-state index contributed by atoms with van der Waals surface area (Å²) in [6, 6.07) is 11.5. The van der Waals surface area contributed by atoms with E-state index in [0.29, 0.717) is 38.5 Å². The predicted octanol–water partition coefficient (Wildman–Crippen LogP) is 5.59. The second-order valence-electron chi connectivity index (χ2n) is 13.2. The van der Waals surface area contributed by atoms with Gasteiger partial charge in [0.25, 0.3) is 5.56 Å². The number of halogens is 3. The standard InChI is InChI=1S/C38H39F3N6O5/c1-4-22-14-24(9-7-20(22)2)43-32-18-33(48)47(38(52)45-32)12-5-6-31(46-13-11-42-21(3)19-46)26-17-30-27(16-29(26)41)36(49)34(37(50)51)35(44-30)25-10-8-23(39)15-28(25)40/h7-10,14-18,21,31,42-43H,4-6,11-13,19H2,1-3H3,(H,44,49)(H,45,52)(H,50,51). The first-order valence-corrected chi connectivity index (χ1v) is 17.1. The topological polar surface area (TPSA) is 152 Å². The van der Waals surface area contributed by atoms with E-state index in [9.17, 15) is 33.1 Å². The molecule has 0 amide bonds. The molecule has 11 nitrogen and oxygen atoms in total. The molecular formula is C38H39F3N6O5. The number of hydrogen-bond acceptors (Lipinski definition) is 7. The third-order valence-electron chi connectivity index (χ3n) is 9.62. The van der Waals surface area contributed by atoms with E-state index in [1.807, 2.05) is 39.0 Å². The third-order valence-corrected chi connectivity index (χ3v) is 9.62. The van der Waals surface area contributed by atoms with Crippen LogP contribution in [-0.2, 0) is 13.0 Å². The molecule has 0 aliphatic carbocycles. The molecule has 14 heteroatoms. The molecule has 0 bridgehead atoms. The fourth-order valence-electron chi connectivity index (χ4n) is 6.99. The van der Waals surface area contributed by atoms with Gasteiger partial charge in [-0.25, -0.2) is 22.8 Å². The molecule has 1 aliphatic rings. The monoisotopic (exact) mass is 716 g/mol. The van der Waals surface area contributed by atoms with E-state index in [-0.39, 0.29) is 46.1 Å². The van der Waals surface area contributed by atoms with E-state index in [0.717, 1.165) is 46.0 Å². The van der Waals surface area contributed by atoms with Crippen molar-refractivity contribution in [3.05, 3.63) is 125 Å². The third kappa shape index (κ3) is 7.44. The van der Waals surface area contributed by atoms with Gasteiger partial charge in [0.05, 0.1) is 11.2 Å². The SMILES string of the molecule is CCc1cc(Nc2cc(=O)n(CCCC(c3cc4[nH]c(-c5ccc(F)cc5F)c(C(=O)O)c(=O)c4cc3F)N3CCNC(C)C3)c(=O)[nH]2)ccc1C. The molecule has 5 N–H and O–H groups in total. The first-order chi connectivity index (χ1) is 24.8. The molecular weight excluding hydrogens is 677 g/mol. The molecule has 6 rings (SSSR count). The van der Waals surface area contributed by atoms with Gasteiger partial charge in [0.1, 0.15) is 28.8 Å². The molecule has 1 fully saturated rings. The number of nitrogens with one attached hydrogen (secondary N) is 4. The second-order valence-corrected chi connectivity index (χ2v) is 13.2. The van der Waals surface area contributed by atoms with Gasteiger partial charge < -0.3 is 20.7 Å². The lowest BCUT2D eigenvalue weighted by Gasteiger charge is -2.38. The van der Waals surface area contributed by atoms with Gasteiger partial charge in [-0.2, -0.15) is 0 Å². The number of piperazine rings is 1. The number of benzene rings is 3. The van der Waals surface area contributed by atoms with Crippen LogP contribution in [0, 0.1) is 24.4 Å². The molecule has 1 saturated heterocycles. The average Bonchev–Trinajstić information content (AvgIpc) is 3.08. The maximum atomic E-state index is 16.1. The van der Waals surface area contributed by atoms with Gasteiger partial charge in [0, 0.05) is 72.6 Å². The molecule has 0 radical (unpaired) electrons. The molecule has 1 aliphatic heterocycles. The van der Waals surface area contributed by atoms with E-state index in [1.54, 1.807) is 0 Å². The van der Waals surface area contributed by atoms with Crippen LogP contribution in [-0.4, -0.2) is 56.2 Å². The lowest BCUT2D eigenvalue weighted by molar-refractivity contribution is 0.0696. The molecule has 3 heterocycles. The number of carboxylic acids is 1. The summed E-state index contributed by atoms with van der Waals surface area (Å²) in [7, 11) is 0.